The molecule has 0 aliphatic carbocycles. The summed E-state index contributed by atoms with van der Waals surface area (Å²) in [7, 11) is 0. The van der Waals surface area contributed by atoms with Gasteiger partial charge in [-0.25, -0.2) is 0 Å². The van der Waals surface area contributed by atoms with E-state index in [4.69, 9.17) is 16.7 Å². The highest BCUT2D eigenvalue weighted by Crippen LogP contribution is 2.18. The largest absolute Gasteiger partial charge is 0.481 e. The zero-order chi connectivity index (χ0) is 13.8. The van der Waals surface area contributed by atoms with E-state index in [0.717, 1.165) is 13.0 Å². The third-order valence-corrected chi connectivity index (χ3v) is 3.60. The van der Waals surface area contributed by atoms with Crippen molar-refractivity contribution in [2.24, 2.45) is 5.92 Å². The predicted molar refractivity (Wildman–Crippen MR) is 72.6 cm³/mol. The summed E-state index contributed by atoms with van der Waals surface area (Å²) in [5.74, 6) is -1.16. The fourth-order valence-electron chi connectivity index (χ4n) is 2.36. The van der Waals surface area contributed by atoms with E-state index < -0.39 is 5.97 Å². The number of Topliss-reactive ketones (excluding diaryl/α,β-unsaturated/α-hetero) is 1. The van der Waals surface area contributed by atoms with Crippen molar-refractivity contribution in [3.63, 3.8) is 0 Å². The van der Waals surface area contributed by atoms with E-state index in [1.807, 2.05) is 4.90 Å². The highest BCUT2D eigenvalue weighted by atomic mass is 35.5. The van der Waals surface area contributed by atoms with E-state index in [2.05, 4.69) is 0 Å². The van der Waals surface area contributed by atoms with Gasteiger partial charge in [0, 0.05) is 17.1 Å². The van der Waals surface area contributed by atoms with Gasteiger partial charge in [0.25, 0.3) is 0 Å². The van der Waals surface area contributed by atoms with Gasteiger partial charge in [-0.3, -0.25) is 14.5 Å². The molecule has 1 aromatic rings. The van der Waals surface area contributed by atoms with Crippen LogP contribution in [0, 0.1) is 5.92 Å². The van der Waals surface area contributed by atoms with E-state index in [-0.39, 0.29) is 18.2 Å². The Morgan fingerprint density at radius 1 is 1.42 bits per heavy atom. The third kappa shape index (κ3) is 3.78. The second kappa shape index (κ2) is 6.17. The van der Waals surface area contributed by atoms with Crippen molar-refractivity contribution in [2.45, 2.75) is 12.8 Å². The first-order valence-corrected chi connectivity index (χ1v) is 6.68. The van der Waals surface area contributed by atoms with Gasteiger partial charge < -0.3 is 5.11 Å². The van der Waals surface area contributed by atoms with Crippen molar-refractivity contribution >= 4 is 23.4 Å². The number of aliphatic carboxylic acids is 1. The number of piperidine rings is 1. The molecule has 1 fully saturated rings. The lowest BCUT2D eigenvalue weighted by Crippen LogP contribution is -2.41. The minimum Gasteiger partial charge on any atom is -0.481 e. The van der Waals surface area contributed by atoms with Crippen molar-refractivity contribution in [3.8, 4) is 0 Å². The quantitative estimate of drug-likeness (QED) is 0.861. The lowest BCUT2D eigenvalue weighted by Gasteiger charge is -2.29. The van der Waals surface area contributed by atoms with Gasteiger partial charge in [0.2, 0.25) is 0 Å². The average Bonchev–Trinajstić information content (AvgIpc) is 2.39. The van der Waals surface area contributed by atoms with Crippen LogP contribution >= 0.6 is 11.6 Å². The lowest BCUT2D eigenvalue weighted by atomic mass is 9.98. The van der Waals surface area contributed by atoms with Gasteiger partial charge in [-0.2, -0.15) is 0 Å². The molecule has 1 saturated heterocycles. The summed E-state index contributed by atoms with van der Waals surface area (Å²) in [6.45, 7) is 1.47. The van der Waals surface area contributed by atoms with Gasteiger partial charge in [-0.15, -0.1) is 0 Å². The van der Waals surface area contributed by atoms with Crippen molar-refractivity contribution in [3.05, 3.63) is 34.9 Å². The lowest BCUT2D eigenvalue weighted by molar-refractivity contribution is -0.143. The maximum Gasteiger partial charge on any atom is 0.307 e. The molecule has 1 unspecified atom stereocenters. The molecule has 19 heavy (non-hydrogen) atoms. The number of carboxylic acid groups (broad SMARTS) is 1. The minimum atomic E-state index is -0.778. The zero-order valence-electron chi connectivity index (χ0n) is 10.5. The van der Waals surface area contributed by atoms with E-state index in [9.17, 15) is 9.59 Å². The molecule has 2 rings (SSSR count). The van der Waals surface area contributed by atoms with Crippen LogP contribution in [0.4, 0.5) is 0 Å². The number of carbonyl (C=O) groups excluding carboxylic acids is 1. The van der Waals surface area contributed by atoms with Gasteiger partial charge in [-0.1, -0.05) is 23.7 Å². The predicted octanol–water partition coefficient (Wildman–Crippen LogP) is 2.32. The number of ketones is 1. The van der Waals surface area contributed by atoms with Crippen LogP contribution in [0.15, 0.2) is 24.3 Å². The Balaban J connectivity index is 1.97. The molecule has 0 radical (unpaired) electrons. The number of hydrogen-bond acceptors (Lipinski definition) is 3. The maximum absolute atomic E-state index is 12.1. The second-order valence-corrected chi connectivity index (χ2v) is 5.28. The van der Waals surface area contributed by atoms with E-state index >= 15 is 0 Å². The molecule has 0 aromatic heterocycles. The molecule has 1 aliphatic rings. The molecule has 0 spiro atoms. The van der Waals surface area contributed by atoms with Crippen LogP contribution in [0.25, 0.3) is 0 Å². The summed E-state index contributed by atoms with van der Waals surface area (Å²) in [5.41, 5.74) is 0.574. The highest BCUT2D eigenvalue weighted by Gasteiger charge is 2.26. The molecule has 0 bridgehead atoms. The van der Waals surface area contributed by atoms with Gasteiger partial charge >= 0.3 is 5.97 Å². The van der Waals surface area contributed by atoms with Crippen molar-refractivity contribution in [1.29, 1.82) is 0 Å². The van der Waals surface area contributed by atoms with Crippen molar-refractivity contribution in [1.82, 2.24) is 4.90 Å². The molecule has 102 valence electrons. The third-order valence-electron chi connectivity index (χ3n) is 3.37. The first kappa shape index (κ1) is 14.0. The zero-order valence-corrected chi connectivity index (χ0v) is 11.3. The first-order valence-electron chi connectivity index (χ1n) is 6.30. The second-order valence-electron chi connectivity index (χ2n) is 4.85. The van der Waals surface area contributed by atoms with Gasteiger partial charge in [0.05, 0.1) is 12.5 Å². The molecule has 1 N–H and O–H groups in total. The fourth-order valence-corrected chi connectivity index (χ4v) is 2.55. The van der Waals surface area contributed by atoms with E-state index in [1.54, 1.807) is 24.3 Å². The van der Waals surface area contributed by atoms with E-state index in [1.165, 1.54) is 0 Å². The van der Waals surface area contributed by atoms with Crippen LogP contribution in [0.5, 0.6) is 0 Å². The monoisotopic (exact) mass is 281 g/mol. The Morgan fingerprint density at radius 3 is 2.89 bits per heavy atom. The normalized spacial score (nSPS) is 20.2. The van der Waals surface area contributed by atoms with Crippen LogP contribution in [0.3, 0.4) is 0 Å². The molecule has 4 nitrogen and oxygen atoms in total. The van der Waals surface area contributed by atoms with Crippen molar-refractivity contribution < 1.29 is 14.7 Å². The van der Waals surface area contributed by atoms with Gasteiger partial charge in [0.1, 0.15) is 0 Å². The number of likely N-dealkylation sites (tertiary alicyclic amines) is 1. The molecular formula is C14H16ClNO3. The Kier molecular flexibility index (Phi) is 4.56. The van der Waals surface area contributed by atoms with E-state index in [0.29, 0.717) is 23.6 Å². The Morgan fingerprint density at radius 2 is 2.21 bits per heavy atom. The number of rotatable bonds is 4. The standard InChI is InChI=1S/C14H16ClNO3/c15-12-5-1-3-10(7-12)13(17)9-16-6-2-4-11(8-16)14(18)19/h1,3,5,7,11H,2,4,6,8-9H2,(H,18,19). The molecule has 5 heteroatoms. The van der Waals surface area contributed by atoms with Gasteiger partial charge in [-0.05, 0) is 31.5 Å². The molecular weight excluding hydrogens is 266 g/mol. The van der Waals surface area contributed by atoms with Crippen LogP contribution < -0.4 is 0 Å². The Bertz CT molecular complexity index is 489. The van der Waals surface area contributed by atoms with Crippen LogP contribution in [0.2, 0.25) is 5.02 Å². The fraction of sp³-hybridized carbons (Fsp3) is 0.429. The number of carboxylic acids is 1. The molecule has 1 aromatic carbocycles. The maximum atomic E-state index is 12.1. The molecule has 1 heterocycles. The first-order chi connectivity index (χ1) is 9.06. The number of halogens is 1. The summed E-state index contributed by atoms with van der Waals surface area (Å²) in [6, 6.07) is 6.83. The summed E-state index contributed by atoms with van der Waals surface area (Å²) in [5, 5.41) is 9.55. The Hall–Kier alpha value is -1.39. The molecule has 0 saturated carbocycles. The number of benzene rings is 1. The highest BCUT2D eigenvalue weighted by molar-refractivity contribution is 6.31. The Labute approximate surface area is 117 Å². The summed E-state index contributed by atoms with van der Waals surface area (Å²) >= 11 is 5.85. The average molecular weight is 282 g/mol. The minimum absolute atomic E-state index is 0.0199. The topological polar surface area (TPSA) is 57.6 Å². The van der Waals surface area contributed by atoms with Gasteiger partial charge in [0.15, 0.2) is 5.78 Å². The van der Waals surface area contributed by atoms with Crippen LogP contribution in [0.1, 0.15) is 23.2 Å². The molecule has 1 atom stereocenters. The smallest absolute Gasteiger partial charge is 0.307 e. The summed E-state index contributed by atoms with van der Waals surface area (Å²) in [4.78, 5) is 25.0. The summed E-state index contributed by atoms with van der Waals surface area (Å²) < 4.78 is 0. The summed E-state index contributed by atoms with van der Waals surface area (Å²) in [6.07, 6.45) is 1.51. The SMILES string of the molecule is O=C(CN1CCCC(C(=O)O)C1)c1cccc(Cl)c1. The van der Waals surface area contributed by atoms with Crippen LogP contribution in [-0.4, -0.2) is 41.4 Å². The molecule has 0 amide bonds. The number of hydrogen-bond donors (Lipinski definition) is 1. The number of carbonyl (C=O) groups is 2. The van der Waals surface area contributed by atoms with Crippen LogP contribution in [-0.2, 0) is 4.79 Å². The van der Waals surface area contributed by atoms with Crippen molar-refractivity contribution in [2.75, 3.05) is 19.6 Å². The number of nitrogens with zero attached hydrogens (tertiary/aromatic N) is 1. The molecule has 1 aliphatic heterocycles.